The summed E-state index contributed by atoms with van der Waals surface area (Å²) in [5.41, 5.74) is 11.8. The summed E-state index contributed by atoms with van der Waals surface area (Å²) in [4.78, 5) is 20.1. The highest BCUT2D eigenvalue weighted by Crippen LogP contribution is 2.26. The number of carbonyl (C=O) groups excluding carboxylic acids is 1. The van der Waals surface area contributed by atoms with Gasteiger partial charge in [-0.05, 0) is 40.2 Å². The Bertz CT molecular complexity index is 1000. The Morgan fingerprint density at radius 1 is 1.04 bits per heavy atom. The van der Waals surface area contributed by atoms with Crippen LogP contribution in [0.25, 0.3) is 0 Å². The van der Waals surface area contributed by atoms with E-state index in [1.807, 2.05) is 0 Å². The van der Waals surface area contributed by atoms with Crippen LogP contribution in [0.5, 0.6) is 0 Å². The van der Waals surface area contributed by atoms with Crippen molar-refractivity contribution >= 4 is 44.8 Å². The molecule has 0 radical (unpaired) electrons. The van der Waals surface area contributed by atoms with Crippen LogP contribution in [0.15, 0.2) is 53.3 Å². The topological polar surface area (TPSA) is 105 Å². The molecule has 3 aromatic rings. The molecule has 0 aliphatic carbocycles. The van der Waals surface area contributed by atoms with Crippen LogP contribution in [0.3, 0.4) is 0 Å². The second kappa shape index (κ2) is 7.96. The SMILES string of the molecule is Nc1c(NNC(=O)c2ccccc2Br)ncnc1Nc1ccc(F)c(F)c1. The van der Waals surface area contributed by atoms with Crippen LogP contribution in [0.2, 0.25) is 0 Å². The van der Waals surface area contributed by atoms with Gasteiger partial charge in [-0.15, -0.1) is 0 Å². The molecule has 0 aliphatic rings. The van der Waals surface area contributed by atoms with E-state index in [1.165, 1.54) is 12.4 Å². The fourth-order valence-corrected chi connectivity index (χ4v) is 2.60. The molecule has 3 rings (SSSR count). The summed E-state index contributed by atoms with van der Waals surface area (Å²) in [5.74, 6) is -2.08. The molecule has 27 heavy (non-hydrogen) atoms. The van der Waals surface area contributed by atoms with Gasteiger partial charge in [-0.3, -0.25) is 15.6 Å². The minimum Gasteiger partial charge on any atom is -0.393 e. The maximum Gasteiger partial charge on any atom is 0.270 e. The predicted octanol–water partition coefficient (Wildman–Crippen LogP) is 3.60. The van der Waals surface area contributed by atoms with Crippen molar-refractivity contribution in [3.8, 4) is 0 Å². The van der Waals surface area contributed by atoms with Crippen molar-refractivity contribution < 1.29 is 13.6 Å². The Hall–Kier alpha value is -3.27. The molecule has 1 heterocycles. The number of carbonyl (C=O) groups is 1. The number of hydrogen-bond donors (Lipinski definition) is 4. The van der Waals surface area contributed by atoms with Gasteiger partial charge in [0.15, 0.2) is 23.3 Å². The number of hydrogen-bond acceptors (Lipinski definition) is 6. The fraction of sp³-hybridized carbons (Fsp3) is 0. The minimum absolute atomic E-state index is 0.0784. The Morgan fingerprint density at radius 3 is 2.52 bits per heavy atom. The fourth-order valence-electron chi connectivity index (χ4n) is 2.13. The molecule has 7 nitrogen and oxygen atoms in total. The van der Waals surface area contributed by atoms with Crippen LogP contribution in [0.1, 0.15) is 10.4 Å². The molecule has 0 aliphatic heterocycles. The third kappa shape index (κ3) is 4.29. The van der Waals surface area contributed by atoms with E-state index in [0.29, 0.717) is 10.0 Å². The second-order valence-electron chi connectivity index (χ2n) is 5.30. The van der Waals surface area contributed by atoms with Gasteiger partial charge in [0.2, 0.25) is 0 Å². The van der Waals surface area contributed by atoms with E-state index in [9.17, 15) is 13.6 Å². The van der Waals surface area contributed by atoms with Crippen LogP contribution in [0.4, 0.5) is 31.8 Å². The highest BCUT2D eigenvalue weighted by atomic mass is 79.9. The number of benzene rings is 2. The summed E-state index contributed by atoms with van der Waals surface area (Å²) in [5, 5.41) is 2.77. The molecule has 0 fully saturated rings. The Labute approximate surface area is 161 Å². The van der Waals surface area contributed by atoms with Crippen molar-refractivity contribution in [2.75, 3.05) is 16.5 Å². The van der Waals surface area contributed by atoms with Gasteiger partial charge in [-0.25, -0.2) is 18.7 Å². The molecule has 138 valence electrons. The van der Waals surface area contributed by atoms with Gasteiger partial charge in [0, 0.05) is 16.2 Å². The third-order valence-corrected chi connectivity index (χ3v) is 4.17. The molecular weight excluding hydrogens is 422 g/mol. The molecule has 0 saturated heterocycles. The number of nitrogens with two attached hydrogens (primary N) is 1. The average Bonchev–Trinajstić information content (AvgIpc) is 2.65. The van der Waals surface area contributed by atoms with E-state index in [4.69, 9.17) is 5.73 Å². The Kier molecular flexibility index (Phi) is 5.46. The summed E-state index contributed by atoms with van der Waals surface area (Å²) in [7, 11) is 0. The number of nitrogens with one attached hydrogen (secondary N) is 3. The molecule has 10 heteroatoms. The van der Waals surface area contributed by atoms with Crippen molar-refractivity contribution in [2.45, 2.75) is 0 Å². The number of nitrogens with zero attached hydrogens (tertiary/aromatic N) is 2. The Morgan fingerprint density at radius 2 is 1.78 bits per heavy atom. The number of nitrogen functional groups attached to an aromatic ring is 1. The molecule has 0 spiro atoms. The maximum atomic E-state index is 13.3. The summed E-state index contributed by atoms with van der Waals surface area (Å²) in [6.07, 6.45) is 1.20. The van der Waals surface area contributed by atoms with Gasteiger partial charge < -0.3 is 11.1 Å². The normalized spacial score (nSPS) is 10.3. The third-order valence-electron chi connectivity index (χ3n) is 3.48. The van der Waals surface area contributed by atoms with Gasteiger partial charge in [0.05, 0.1) is 5.56 Å². The average molecular weight is 435 g/mol. The molecule has 0 unspecified atom stereocenters. The van der Waals surface area contributed by atoms with E-state index in [0.717, 1.165) is 12.1 Å². The lowest BCUT2D eigenvalue weighted by atomic mass is 10.2. The van der Waals surface area contributed by atoms with Gasteiger partial charge >= 0.3 is 0 Å². The molecule has 0 saturated carbocycles. The van der Waals surface area contributed by atoms with E-state index < -0.39 is 17.5 Å². The number of aromatic nitrogens is 2. The van der Waals surface area contributed by atoms with Crippen LogP contribution in [-0.2, 0) is 0 Å². The molecule has 0 bridgehead atoms. The van der Waals surface area contributed by atoms with E-state index in [1.54, 1.807) is 24.3 Å². The van der Waals surface area contributed by atoms with Gasteiger partial charge in [0.1, 0.15) is 12.0 Å². The highest BCUT2D eigenvalue weighted by molar-refractivity contribution is 9.10. The first-order valence-corrected chi connectivity index (χ1v) is 8.38. The zero-order valence-electron chi connectivity index (χ0n) is 13.6. The zero-order chi connectivity index (χ0) is 19.4. The number of amides is 1. The zero-order valence-corrected chi connectivity index (χ0v) is 15.2. The molecule has 0 atom stereocenters. The highest BCUT2D eigenvalue weighted by Gasteiger charge is 2.12. The van der Waals surface area contributed by atoms with Crippen LogP contribution in [-0.4, -0.2) is 15.9 Å². The lowest BCUT2D eigenvalue weighted by molar-refractivity contribution is 0.0961. The van der Waals surface area contributed by atoms with Crippen molar-refractivity contribution in [2.24, 2.45) is 0 Å². The van der Waals surface area contributed by atoms with Crippen LogP contribution in [0, 0.1) is 11.6 Å². The first-order chi connectivity index (χ1) is 13.0. The molecule has 1 amide bonds. The molecule has 5 N–H and O–H groups in total. The quantitative estimate of drug-likeness (QED) is 0.457. The number of rotatable bonds is 5. The van der Waals surface area contributed by atoms with Crippen molar-refractivity contribution in [3.05, 3.63) is 70.5 Å². The first-order valence-electron chi connectivity index (χ1n) is 7.59. The van der Waals surface area contributed by atoms with Crippen LogP contribution >= 0.6 is 15.9 Å². The molecule has 1 aromatic heterocycles. The minimum atomic E-state index is -1.01. The van der Waals surface area contributed by atoms with Crippen LogP contribution < -0.4 is 21.9 Å². The second-order valence-corrected chi connectivity index (χ2v) is 6.15. The van der Waals surface area contributed by atoms with E-state index in [2.05, 4.69) is 42.1 Å². The molecular formula is C17H13BrF2N6O. The summed E-state index contributed by atoms with van der Waals surface area (Å²) < 4.78 is 27.0. The summed E-state index contributed by atoms with van der Waals surface area (Å²) in [6.45, 7) is 0. The largest absolute Gasteiger partial charge is 0.393 e. The predicted molar refractivity (Wildman–Crippen MR) is 101 cm³/mol. The number of halogens is 3. The van der Waals surface area contributed by atoms with Gasteiger partial charge in [-0.2, -0.15) is 0 Å². The lowest BCUT2D eigenvalue weighted by Crippen LogP contribution is -2.30. The Balaban J connectivity index is 1.74. The standard InChI is InChI=1S/C17H13BrF2N6O/c18-11-4-2-1-3-10(11)17(27)26-25-16-14(21)15(22-8-23-16)24-9-5-6-12(19)13(20)7-9/h1-8H,21H2,(H,26,27)(H2,22,23,24,25). The van der Waals surface area contributed by atoms with Gasteiger partial charge in [0.25, 0.3) is 5.91 Å². The smallest absolute Gasteiger partial charge is 0.270 e. The first kappa shape index (κ1) is 18.5. The summed E-state index contributed by atoms with van der Waals surface area (Å²) in [6, 6.07) is 10.2. The molecule has 2 aromatic carbocycles. The van der Waals surface area contributed by atoms with Gasteiger partial charge in [-0.1, -0.05) is 12.1 Å². The number of hydrazine groups is 1. The lowest BCUT2D eigenvalue weighted by Gasteiger charge is -2.13. The van der Waals surface area contributed by atoms with E-state index in [-0.39, 0.29) is 23.0 Å². The maximum absolute atomic E-state index is 13.3. The number of anilines is 4. The monoisotopic (exact) mass is 434 g/mol. The van der Waals surface area contributed by atoms with Crippen molar-refractivity contribution in [1.82, 2.24) is 15.4 Å². The van der Waals surface area contributed by atoms with Crippen molar-refractivity contribution in [1.29, 1.82) is 0 Å². The summed E-state index contributed by atoms with van der Waals surface area (Å²) >= 11 is 3.29. The van der Waals surface area contributed by atoms with E-state index >= 15 is 0 Å². The van der Waals surface area contributed by atoms with Crippen molar-refractivity contribution in [3.63, 3.8) is 0 Å².